The normalized spacial score (nSPS) is 20.0. The van der Waals surface area contributed by atoms with Crippen molar-refractivity contribution in [2.24, 2.45) is 0 Å². The molecule has 0 aromatic carbocycles. The quantitative estimate of drug-likeness (QED) is 0.826. The largest absolute Gasteiger partial charge is 0.480 e. The lowest BCUT2D eigenvalue weighted by molar-refractivity contribution is -0.148. The number of carbonyl (C=O) groups excluding carboxylic acids is 1. The van der Waals surface area contributed by atoms with Gasteiger partial charge in [-0.2, -0.15) is 0 Å². The Bertz CT molecular complexity index is 385. The second-order valence-corrected chi connectivity index (χ2v) is 3.84. The van der Waals surface area contributed by atoms with Crippen LogP contribution in [0.4, 0.5) is 0 Å². The summed E-state index contributed by atoms with van der Waals surface area (Å²) in [4.78, 5) is 24.2. The van der Waals surface area contributed by atoms with Gasteiger partial charge in [0.2, 0.25) is 5.91 Å². The van der Waals surface area contributed by atoms with Crippen molar-refractivity contribution in [1.82, 2.24) is 4.90 Å². The predicted octanol–water partition coefficient (Wildman–Crippen LogP) is 0.898. The van der Waals surface area contributed by atoms with Gasteiger partial charge in [0.05, 0.1) is 12.7 Å². The number of rotatable bonds is 3. The Morgan fingerprint density at radius 2 is 2.38 bits per heavy atom. The molecule has 1 aromatic heterocycles. The molecule has 0 saturated carbocycles. The lowest BCUT2D eigenvalue weighted by atomic mass is 10.2. The molecule has 5 heteroatoms. The van der Waals surface area contributed by atoms with Crippen LogP contribution in [-0.4, -0.2) is 34.5 Å². The number of hydrogen-bond donors (Lipinski definition) is 1. The smallest absolute Gasteiger partial charge is 0.326 e. The summed E-state index contributed by atoms with van der Waals surface area (Å²) in [6, 6.07) is 2.76. The molecule has 1 amide bonds. The molecule has 1 atom stereocenters. The van der Waals surface area contributed by atoms with Gasteiger partial charge >= 0.3 is 5.97 Å². The number of nitrogens with zero attached hydrogens (tertiary/aromatic N) is 1. The minimum absolute atomic E-state index is 0.136. The molecule has 2 rings (SSSR count). The third-order valence-electron chi connectivity index (χ3n) is 2.76. The van der Waals surface area contributed by atoms with E-state index >= 15 is 0 Å². The van der Waals surface area contributed by atoms with E-state index in [-0.39, 0.29) is 12.3 Å². The van der Waals surface area contributed by atoms with E-state index in [0.29, 0.717) is 18.7 Å². The molecule has 1 fully saturated rings. The van der Waals surface area contributed by atoms with E-state index in [9.17, 15) is 9.59 Å². The molecule has 5 nitrogen and oxygen atoms in total. The van der Waals surface area contributed by atoms with E-state index in [1.807, 2.05) is 0 Å². The highest BCUT2D eigenvalue weighted by Crippen LogP contribution is 2.18. The highest BCUT2D eigenvalue weighted by Gasteiger charge is 2.33. The highest BCUT2D eigenvalue weighted by atomic mass is 16.4. The van der Waals surface area contributed by atoms with E-state index in [1.54, 1.807) is 12.1 Å². The van der Waals surface area contributed by atoms with Crippen molar-refractivity contribution in [3.63, 3.8) is 0 Å². The Hall–Kier alpha value is -1.78. The molecular formula is C11H13NO4. The summed E-state index contributed by atoms with van der Waals surface area (Å²) in [5.41, 5.74) is 0. The van der Waals surface area contributed by atoms with Gasteiger partial charge in [-0.3, -0.25) is 4.79 Å². The lowest BCUT2D eigenvalue weighted by Gasteiger charge is -2.20. The van der Waals surface area contributed by atoms with Gasteiger partial charge in [-0.1, -0.05) is 0 Å². The summed E-state index contributed by atoms with van der Waals surface area (Å²) < 4.78 is 5.06. The molecular weight excluding hydrogens is 210 g/mol. The summed E-state index contributed by atoms with van der Waals surface area (Å²) in [6.45, 7) is 0.524. The summed E-state index contributed by atoms with van der Waals surface area (Å²) in [5, 5.41) is 8.94. The zero-order valence-electron chi connectivity index (χ0n) is 8.76. The fraction of sp³-hybridized carbons (Fsp3) is 0.455. The zero-order chi connectivity index (χ0) is 11.5. The summed E-state index contributed by atoms with van der Waals surface area (Å²) in [6.07, 6.45) is 2.93. The average Bonchev–Trinajstić information content (AvgIpc) is 2.86. The topological polar surface area (TPSA) is 70.8 Å². The molecule has 0 spiro atoms. The van der Waals surface area contributed by atoms with Crippen LogP contribution in [0.5, 0.6) is 0 Å². The van der Waals surface area contributed by atoms with Crippen LogP contribution in [0.1, 0.15) is 18.6 Å². The number of carboxylic acids is 1. The molecule has 0 unspecified atom stereocenters. The maximum absolute atomic E-state index is 11.8. The third kappa shape index (κ3) is 2.08. The monoisotopic (exact) mass is 223 g/mol. The fourth-order valence-corrected chi connectivity index (χ4v) is 1.99. The van der Waals surface area contributed by atoms with Gasteiger partial charge in [-0.15, -0.1) is 0 Å². The van der Waals surface area contributed by atoms with Crippen LogP contribution in [0.3, 0.4) is 0 Å². The van der Waals surface area contributed by atoms with E-state index in [2.05, 4.69) is 0 Å². The second-order valence-electron chi connectivity index (χ2n) is 3.84. The van der Waals surface area contributed by atoms with Gasteiger partial charge in [0.15, 0.2) is 0 Å². The average molecular weight is 223 g/mol. The van der Waals surface area contributed by atoms with Crippen molar-refractivity contribution in [1.29, 1.82) is 0 Å². The van der Waals surface area contributed by atoms with Crippen molar-refractivity contribution in [2.45, 2.75) is 25.3 Å². The Morgan fingerprint density at radius 1 is 1.56 bits per heavy atom. The first-order valence-corrected chi connectivity index (χ1v) is 5.23. The minimum Gasteiger partial charge on any atom is -0.480 e. The number of furan rings is 1. The number of aliphatic carboxylic acids is 1. The molecule has 1 saturated heterocycles. The summed E-state index contributed by atoms with van der Waals surface area (Å²) >= 11 is 0. The molecule has 1 N–H and O–H groups in total. The first kappa shape index (κ1) is 10.7. The Balaban J connectivity index is 2.01. The molecule has 0 radical (unpaired) electrons. The fourth-order valence-electron chi connectivity index (χ4n) is 1.99. The van der Waals surface area contributed by atoms with Crippen LogP contribution < -0.4 is 0 Å². The van der Waals surface area contributed by atoms with Crippen molar-refractivity contribution in [3.05, 3.63) is 24.2 Å². The molecule has 86 valence electrons. The first-order valence-electron chi connectivity index (χ1n) is 5.23. The molecule has 1 aliphatic rings. The van der Waals surface area contributed by atoms with Gasteiger partial charge < -0.3 is 14.4 Å². The molecule has 2 heterocycles. The Labute approximate surface area is 92.7 Å². The molecule has 0 aliphatic carbocycles. The van der Waals surface area contributed by atoms with Gasteiger partial charge in [-0.05, 0) is 25.0 Å². The summed E-state index contributed by atoms with van der Waals surface area (Å²) in [5.74, 6) is -0.536. The molecule has 0 bridgehead atoms. The van der Waals surface area contributed by atoms with E-state index in [1.165, 1.54) is 11.2 Å². The van der Waals surface area contributed by atoms with Crippen molar-refractivity contribution in [2.75, 3.05) is 6.54 Å². The van der Waals surface area contributed by atoms with E-state index < -0.39 is 12.0 Å². The van der Waals surface area contributed by atoms with E-state index in [4.69, 9.17) is 9.52 Å². The van der Waals surface area contributed by atoms with Gasteiger partial charge in [0.1, 0.15) is 11.8 Å². The predicted molar refractivity (Wildman–Crippen MR) is 54.8 cm³/mol. The van der Waals surface area contributed by atoms with Crippen molar-refractivity contribution in [3.8, 4) is 0 Å². The number of amides is 1. The number of hydrogen-bond acceptors (Lipinski definition) is 3. The van der Waals surface area contributed by atoms with E-state index in [0.717, 1.165) is 6.42 Å². The van der Waals surface area contributed by atoms with Crippen LogP contribution in [0, 0.1) is 0 Å². The molecule has 1 aromatic rings. The van der Waals surface area contributed by atoms with Crippen LogP contribution in [0.25, 0.3) is 0 Å². The van der Waals surface area contributed by atoms with Crippen LogP contribution in [0.15, 0.2) is 22.8 Å². The Morgan fingerprint density at radius 3 is 3.00 bits per heavy atom. The zero-order valence-corrected chi connectivity index (χ0v) is 8.76. The second kappa shape index (κ2) is 4.38. The van der Waals surface area contributed by atoms with Gasteiger partial charge in [-0.25, -0.2) is 4.79 Å². The molecule has 1 aliphatic heterocycles. The number of carboxylic acid groups (broad SMARTS) is 1. The maximum Gasteiger partial charge on any atom is 0.326 e. The standard InChI is InChI=1S/C11H13NO4/c13-10(7-8-3-2-6-16-8)12-5-1-4-9(12)11(14)15/h2-3,6,9H,1,4-5,7H2,(H,14,15)/t9-/m0/s1. The van der Waals surface area contributed by atoms with Crippen molar-refractivity contribution < 1.29 is 19.1 Å². The minimum atomic E-state index is -0.926. The van der Waals surface area contributed by atoms with Crippen LogP contribution in [0.2, 0.25) is 0 Å². The number of carbonyl (C=O) groups is 2. The van der Waals surface area contributed by atoms with Gasteiger partial charge in [0, 0.05) is 6.54 Å². The highest BCUT2D eigenvalue weighted by molar-refractivity contribution is 5.85. The van der Waals surface area contributed by atoms with Crippen LogP contribution in [-0.2, 0) is 16.0 Å². The third-order valence-corrected chi connectivity index (χ3v) is 2.76. The number of likely N-dealkylation sites (tertiary alicyclic amines) is 1. The first-order chi connectivity index (χ1) is 7.68. The van der Waals surface area contributed by atoms with Crippen molar-refractivity contribution >= 4 is 11.9 Å². The maximum atomic E-state index is 11.8. The Kier molecular flexibility index (Phi) is 2.94. The summed E-state index contributed by atoms with van der Waals surface area (Å²) in [7, 11) is 0. The van der Waals surface area contributed by atoms with Crippen LogP contribution >= 0.6 is 0 Å². The lowest BCUT2D eigenvalue weighted by Crippen LogP contribution is -2.41. The van der Waals surface area contributed by atoms with Gasteiger partial charge in [0.25, 0.3) is 0 Å². The SMILES string of the molecule is O=C(O)[C@@H]1CCCN1C(=O)Cc1ccco1. The molecule has 16 heavy (non-hydrogen) atoms.